The molecule has 1 atom stereocenters. The standard InChI is InChI=1S/C17H20ClN5O/c1-12(13-4-8-19-9-5-13)20-17(24)14-6-10-23(11-7-14)16-3-2-15(18)21-22-16/h2-5,8-9,12,14H,6-7,10-11H2,1H3,(H,20,24). The second kappa shape index (κ2) is 7.57. The van der Waals surface area contributed by atoms with Gasteiger partial charge in [0.15, 0.2) is 11.0 Å². The third-order valence-corrected chi connectivity index (χ3v) is 4.57. The number of pyridine rings is 1. The largest absolute Gasteiger partial charge is 0.355 e. The van der Waals surface area contributed by atoms with E-state index in [0.29, 0.717) is 5.15 Å². The van der Waals surface area contributed by atoms with Crippen LogP contribution >= 0.6 is 11.6 Å². The van der Waals surface area contributed by atoms with Crippen molar-refractivity contribution in [2.24, 2.45) is 5.92 Å². The van der Waals surface area contributed by atoms with E-state index in [1.807, 2.05) is 25.1 Å². The highest BCUT2D eigenvalue weighted by atomic mass is 35.5. The smallest absolute Gasteiger partial charge is 0.223 e. The summed E-state index contributed by atoms with van der Waals surface area (Å²) in [4.78, 5) is 18.6. The van der Waals surface area contributed by atoms with E-state index < -0.39 is 0 Å². The minimum Gasteiger partial charge on any atom is -0.355 e. The van der Waals surface area contributed by atoms with Gasteiger partial charge in [-0.25, -0.2) is 0 Å². The van der Waals surface area contributed by atoms with Crippen molar-refractivity contribution in [3.63, 3.8) is 0 Å². The molecule has 1 fully saturated rings. The lowest BCUT2D eigenvalue weighted by Crippen LogP contribution is -2.41. The second-order valence-corrected chi connectivity index (χ2v) is 6.37. The lowest BCUT2D eigenvalue weighted by molar-refractivity contribution is -0.126. The molecule has 1 amide bonds. The fraction of sp³-hybridized carbons (Fsp3) is 0.412. The summed E-state index contributed by atoms with van der Waals surface area (Å²) in [6.45, 7) is 3.57. The number of hydrogen-bond acceptors (Lipinski definition) is 5. The number of anilines is 1. The van der Waals surface area contributed by atoms with Gasteiger partial charge in [-0.15, -0.1) is 10.2 Å². The summed E-state index contributed by atoms with van der Waals surface area (Å²) < 4.78 is 0. The lowest BCUT2D eigenvalue weighted by Gasteiger charge is -2.32. The third-order valence-electron chi connectivity index (χ3n) is 4.37. The summed E-state index contributed by atoms with van der Waals surface area (Å²) in [5.41, 5.74) is 1.06. The Labute approximate surface area is 146 Å². The highest BCUT2D eigenvalue weighted by Gasteiger charge is 2.26. The van der Waals surface area contributed by atoms with Crippen LogP contribution in [0.15, 0.2) is 36.7 Å². The molecule has 0 spiro atoms. The summed E-state index contributed by atoms with van der Waals surface area (Å²) in [6.07, 6.45) is 5.09. The second-order valence-electron chi connectivity index (χ2n) is 5.99. The number of halogens is 1. The summed E-state index contributed by atoms with van der Waals surface area (Å²) in [5, 5.41) is 11.5. The predicted molar refractivity (Wildman–Crippen MR) is 92.8 cm³/mol. The fourth-order valence-corrected chi connectivity index (χ4v) is 3.02. The molecule has 0 saturated carbocycles. The molecule has 0 radical (unpaired) electrons. The molecule has 2 aromatic rings. The molecule has 3 heterocycles. The highest BCUT2D eigenvalue weighted by molar-refractivity contribution is 6.29. The molecule has 7 heteroatoms. The monoisotopic (exact) mass is 345 g/mol. The Morgan fingerprint density at radius 2 is 1.92 bits per heavy atom. The van der Waals surface area contributed by atoms with Crippen LogP contribution in [0.5, 0.6) is 0 Å². The Balaban J connectivity index is 1.52. The normalized spacial score (nSPS) is 16.7. The SMILES string of the molecule is CC(NC(=O)C1CCN(c2ccc(Cl)nn2)CC1)c1ccncc1. The van der Waals surface area contributed by atoms with Gasteiger partial charge in [0.2, 0.25) is 5.91 Å². The van der Waals surface area contributed by atoms with Crippen LogP contribution < -0.4 is 10.2 Å². The average Bonchev–Trinajstić information content (AvgIpc) is 2.63. The highest BCUT2D eigenvalue weighted by Crippen LogP contribution is 2.23. The van der Waals surface area contributed by atoms with E-state index in [-0.39, 0.29) is 17.9 Å². The van der Waals surface area contributed by atoms with Crippen molar-refractivity contribution in [1.29, 1.82) is 0 Å². The Bertz CT molecular complexity index is 671. The van der Waals surface area contributed by atoms with Crippen LogP contribution in [0.1, 0.15) is 31.4 Å². The van der Waals surface area contributed by atoms with Crippen molar-refractivity contribution in [2.75, 3.05) is 18.0 Å². The van der Waals surface area contributed by atoms with Crippen LogP contribution in [0.2, 0.25) is 5.15 Å². The van der Waals surface area contributed by atoms with Crippen LogP contribution in [-0.4, -0.2) is 34.2 Å². The molecular formula is C17H20ClN5O. The van der Waals surface area contributed by atoms with Gasteiger partial charge < -0.3 is 10.2 Å². The van der Waals surface area contributed by atoms with Gasteiger partial charge in [-0.1, -0.05) is 11.6 Å². The van der Waals surface area contributed by atoms with E-state index in [1.54, 1.807) is 18.5 Å². The molecule has 126 valence electrons. The first kappa shape index (κ1) is 16.6. The molecule has 1 aliphatic heterocycles. The van der Waals surface area contributed by atoms with Gasteiger partial charge in [0.05, 0.1) is 6.04 Å². The van der Waals surface area contributed by atoms with E-state index in [4.69, 9.17) is 11.6 Å². The number of amides is 1. The maximum atomic E-state index is 12.5. The first-order chi connectivity index (χ1) is 11.6. The number of piperidine rings is 1. The van der Waals surface area contributed by atoms with E-state index >= 15 is 0 Å². The van der Waals surface area contributed by atoms with Crippen molar-refractivity contribution >= 4 is 23.3 Å². The van der Waals surface area contributed by atoms with Crippen LogP contribution in [-0.2, 0) is 4.79 Å². The quantitative estimate of drug-likeness (QED) is 0.922. The fourth-order valence-electron chi connectivity index (χ4n) is 2.92. The first-order valence-electron chi connectivity index (χ1n) is 8.08. The number of carbonyl (C=O) groups excluding carboxylic acids is 1. The third kappa shape index (κ3) is 4.00. The van der Waals surface area contributed by atoms with Crippen molar-refractivity contribution in [3.8, 4) is 0 Å². The Morgan fingerprint density at radius 1 is 1.21 bits per heavy atom. The topological polar surface area (TPSA) is 71.0 Å². The Hall–Kier alpha value is -2.21. The molecule has 0 aliphatic carbocycles. The number of rotatable bonds is 4. The van der Waals surface area contributed by atoms with Crippen LogP contribution in [0.25, 0.3) is 0 Å². The van der Waals surface area contributed by atoms with Gasteiger partial charge in [0.1, 0.15) is 0 Å². The zero-order chi connectivity index (χ0) is 16.9. The molecule has 1 N–H and O–H groups in total. The number of nitrogens with zero attached hydrogens (tertiary/aromatic N) is 4. The van der Waals surface area contributed by atoms with Crippen molar-refractivity contribution in [1.82, 2.24) is 20.5 Å². The first-order valence-corrected chi connectivity index (χ1v) is 8.46. The molecular weight excluding hydrogens is 326 g/mol. The zero-order valence-corrected chi connectivity index (χ0v) is 14.3. The Morgan fingerprint density at radius 3 is 2.54 bits per heavy atom. The van der Waals surface area contributed by atoms with E-state index in [2.05, 4.69) is 25.4 Å². The van der Waals surface area contributed by atoms with Gasteiger partial charge >= 0.3 is 0 Å². The minimum atomic E-state index is -0.0133. The summed E-state index contributed by atoms with van der Waals surface area (Å²) >= 11 is 5.77. The van der Waals surface area contributed by atoms with E-state index in [0.717, 1.165) is 37.3 Å². The van der Waals surface area contributed by atoms with Crippen LogP contribution in [0.3, 0.4) is 0 Å². The molecule has 24 heavy (non-hydrogen) atoms. The number of aromatic nitrogens is 3. The molecule has 0 aromatic carbocycles. The molecule has 2 aromatic heterocycles. The van der Waals surface area contributed by atoms with Crippen molar-refractivity contribution in [3.05, 3.63) is 47.4 Å². The molecule has 6 nitrogen and oxygen atoms in total. The zero-order valence-electron chi connectivity index (χ0n) is 13.5. The number of carbonyl (C=O) groups is 1. The van der Waals surface area contributed by atoms with Gasteiger partial charge in [0, 0.05) is 31.4 Å². The molecule has 1 saturated heterocycles. The maximum absolute atomic E-state index is 12.5. The average molecular weight is 346 g/mol. The lowest BCUT2D eigenvalue weighted by atomic mass is 9.95. The molecule has 1 unspecified atom stereocenters. The van der Waals surface area contributed by atoms with Crippen molar-refractivity contribution in [2.45, 2.75) is 25.8 Å². The minimum absolute atomic E-state index is 0.0133. The van der Waals surface area contributed by atoms with Gasteiger partial charge in [-0.05, 0) is 49.6 Å². The molecule has 0 bridgehead atoms. The molecule has 3 rings (SSSR count). The van der Waals surface area contributed by atoms with Crippen LogP contribution in [0, 0.1) is 5.92 Å². The summed E-state index contributed by atoms with van der Waals surface area (Å²) in [7, 11) is 0. The summed E-state index contributed by atoms with van der Waals surface area (Å²) in [5.74, 6) is 0.954. The van der Waals surface area contributed by atoms with Gasteiger partial charge in [-0.2, -0.15) is 0 Å². The molecule has 1 aliphatic rings. The summed E-state index contributed by atoms with van der Waals surface area (Å²) in [6, 6.07) is 7.43. The van der Waals surface area contributed by atoms with Gasteiger partial charge in [-0.3, -0.25) is 9.78 Å². The van der Waals surface area contributed by atoms with Gasteiger partial charge in [0.25, 0.3) is 0 Å². The predicted octanol–water partition coefficient (Wildman–Crippen LogP) is 2.62. The van der Waals surface area contributed by atoms with Crippen LogP contribution in [0.4, 0.5) is 5.82 Å². The number of nitrogens with one attached hydrogen (secondary N) is 1. The van der Waals surface area contributed by atoms with E-state index in [1.165, 1.54) is 0 Å². The van der Waals surface area contributed by atoms with E-state index in [9.17, 15) is 4.79 Å². The maximum Gasteiger partial charge on any atom is 0.223 e. The van der Waals surface area contributed by atoms with Crippen molar-refractivity contribution < 1.29 is 4.79 Å². The number of hydrogen-bond donors (Lipinski definition) is 1. The Kier molecular flexibility index (Phi) is 5.25.